The van der Waals surface area contributed by atoms with Gasteiger partial charge >= 0.3 is 0 Å². The van der Waals surface area contributed by atoms with Gasteiger partial charge in [0, 0.05) is 13.5 Å². The first-order chi connectivity index (χ1) is 7.13. The second-order valence-electron chi connectivity index (χ2n) is 3.89. The Hall–Kier alpha value is -1.43. The average molecular weight is 209 g/mol. The number of nitrogens with two attached hydrogens (primary N) is 2. The molecule has 4 N–H and O–H groups in total. The number of hydrogen-bond acceptors (Lipinski definition) is 6. The van der Waals surface area contributed by atoms with Gasteiger partial charge in [0.1, 0.15) is 5.82 Å². The average Bonchev–Trinajstić information content (AvgIpc) is 2.10. The topological polar surface area (TPSA) is 99.9 Å². The fourth-order valence-electron chi connectivity index (χ4n) is 1.85. The van der Waals surface area contributed by atoms with Gasteiger partial charge in [-0.05, 0) is 19.3 Å². The van der Waals surface area contributed by atoms with Crippen molar-refractivity contribution in [1.82, 2.24) is 15.0 Å². The molecule has 0 unspecified atom stereocenters. The van der Waals surface area contributed by atoms with Crippen LogP contribution in [0.2, 0.25) is 0 Å². The van der Waals surface area contributed by atoms with E-state index in [4.69, 9.17) is 16.2 Å². The SMILES string of the molecule is COC1(Cc2nc(N)nc(N)n2)CCC1. The van der Waals surface area contributed by atoms with Gasteiger partial charge in [0.05, 0.1) is 5.60 Å². The van der Waals surface area contributed by atoms with E-state index in [0.29, 0.717) is 12.2 Å². The van der Waals surface area contributed by atoms with Crippen LogP contribution in [0.25, 0.3) is 0 Å². The van der Waals surface area contributed by atoms with Crippen LogP contribution in [0.3, 0.4) is 0 Å². The van der Waals surface area contributed by atoms with Gasteiger partial charge in [-0.1, -0.05) is 0 Å². The second-order valence-corrected chi connectivity index (χ2v) is 3.89. The zero-order valence-corrected chi connectivity index (χ0v) is 8.73. The summed E-state index contributed by atoms with van der Waals surface area (Å²) in [7, 11) is 1.72. The normalized spacial score (nSPS) is 18.5. The third-order valence-corrected chi connectivity index (χ3v) is 2.89. The van der Waals surface area contributed by atoms with Crippen molar-refractivity contribution in [3.05, 3.63) is 5.82 Å². The van der Waals surface area contributed by atoms with Gasteiger partial charge in [-0.3, -0.25) is 0 Å². The van der Waals surface area contributed by atoms with Crippen molar-refractivity contribution < 1.29 is 4.74 Å². The highest BCUT2D eigenvalue weighted by Gasteiger charge is 2.38. The van der Waals surface area contributed by atoms with Crippen LogP contribution in [0.4, 0.5) is 11.9 Å². The Morgan fingerprint density at radius 1 is 1.20 bits per heavy atom. The number of nitrogen functional groups attached to an aromatic ring is 2. The van der Waals surface area contributed by atoms with E-state index in [1.54, 1.807) is 7.11 Å². The molecule has 0 amide bonds. The Morgan fingerprint density at radius 3 is 2.20 bits per heavy atom. The van der Waals surface area contributed by atoms with Crippen LogP contribution in [0.5, 0.6) is 0 Å². The van der Waals surface area contributed by atoms with Crippen molar-refractivity contribution in [3.8, 4) is 0 Å². The quantitative estimate of drug-likeness (QED) is 0.734. The van der Waals surface area contributed by atoms with Crippen LogP contribution in [-0.4, -0.2) is 27.7 Å². The van der Waals surface area contributed by atoms with Crippen molar-refractivity contribution in [1.29, 1.82) is 0 Å². The van der Waals surface area contributed by atoms with Crippen LogP contribution in [0.1, 0.15) is 25.1 Å². The Bertz CT molecular complexity index is 338. The van der Waals surface area contributed by atoms with Crippen molar-refractivity contribution in [3.63, 3.8) is 0 Å². The molecule has 1 saturated carbocycles. The summed E-state index contributed by atoms with van der Waals surface area (Å²) >= 11 is 0. The summed E-state index contributed by atoms with van der Waals surface area (Å²) in [6, 6.07) is 0. The predicted molar refractivity (Wildman–Crippen MR) is 55.9 cm³/mol. The summed E-state index contributed by atoms with van der Waals surface area (Å²) in [5.74, 6) is 0.952. The molecule has 0 bridgehead atoms. The molecule has 15 heavy (non-hydrogen) atoms. The number of aromatic nitrogens is 3. The zero-order valence-electron chi connectivity index (χ0n) is 8.73. The molecule has 0 spiro atoms. The number of methoxy groups -OCH3 is 1. The smallest absolute Gasteiger partial charge is 0.225 e. The number of anilines is 2. The maximum absolute atomic E-state index is 5.50. The van der Waals surface area contributed by atoms with Crippen LogP contribution in [0.15, 0.2) is 0 Å². The second kappa shape index (κ2) is 3.62. The summed E-state index contributed by atoms with van der Waals surface area (Å²) in [5.41, 5.74) is 10.9. The summed E-state index contributed by atoms with van der Waals surface area (Å²) in [6.45, 7) is 0. The predicted octanol–water partition coefficient (Wildman–Crippen LogP) is 0.148. The van der Waals surface area contributed by atoms with E-state index < -0.39 is 0 Å². The van der Waals surface area contributed by atoms with Crippen molar-refractivity contribution in [2.75, 3.05) is 18.6 Å². The lowest BCUT2D eigenvalue weighted by molar-refractivity contribution is -0.0720. The fraction of sp³-hybridized carbons (Fsp3) is 0.667. The van der Waals surface area contributed by atoms with E-state index in [0.717, 1.165) is 12.8 Å². The summed E-state index contributed by atoms with van der Waals surface area (Å²) in [6.07, 6.45) is 3.91. The highest BCUT2D eigenvalue weighted by molar-refractivity contribution is 5.26. The van der Waals surface area contributed by atoms with Gasteiger partial charge in [-0.2, -0.15) is 15.0 Å². The number of rotatable bonds is 3. The number of ether oxygens (including phenoxy) is 1. The molecule has 1 aliphatic carbocycles. The molecule has 0 aromatic carbocycles. The number of hydrogen-bond donors (Lipinski definition) is 2. The first kappa shape index (κ1) is 10.1. The Balaban J connectivity index is 2.16. The molecule has 6 heteroatoms. The van der Waals surface area contributed by atoms with E-state index in [1.807, 2.05) is 0 Å². The molecule has 82 valence electrons. The standard InChI is InChI=1S/C9H15N5O/c1-15-9(3-2-4-9)5-6-12-7(10)14-8(11)13-6/h2-5H2,1H3,(H4,10,11,12,13,14). The summed E-state index contributed by atoms with van der Waals surface area (Å²) in [4.78, 5) is 11.8. The van der Waals surface area contributed by atoms with Crippen LogP contribution < -0.4 is 11.5 Å². The lowest BCUT2D eigenvalue weighted by Gasteiger charge is -2.39. The lowest BCUT2D eigenvalue weighted by Crippen LogP contribution is -2.41. The lowest BCUT2D eigenvalue weighted by atomic mass is 9.77. The highest BCUT2D eigenvalue weighted by Crippen LogP contribution is 2.37. The molecular formula is C9H15N5O. The van der Waals surface area contributed by atoms with Gasteiger partial charge in [-0.15, -0.1) is 0 Å². The molecule has 6 nitrogen and oxygen atoms in total. The van der Waals surface area contributed by atoms with Gasteiger partial charge in [0.2, 0.25) is 11.9 Å². The molecule has 1 fully saturated rings. The van der Waals surface area contributed by atoms with Gasteiger partial charge < -0.3 is 16.2 Å². The molecule has 1 aromatic heterocycles. The molecule has 1 heterocycles. The molecular weight excluding hydrogens is 194 g/mol. The summed E-state index contributed by atoms with van der Waals surface area (Å²) < 4.78 is 5.48. The maximum Gasteiger partial charge on any atom is 0.225 e. The monoisotopic (exact) mass is 209 g/mol. The molecule has 0 atom stereocenters. The molecule has 0 saturated heterocycles. The Kier molecular flexibility index (Phi) is 2.44. The third-order valence-electron chi connectivity index (χ3n) is 2.89. The van der Waals surface area contributed by atoms with E-state index in [-0.39, 0.29) is 17.5 Å². The molecule has 0 aliphatic heterocycles. The zero-order chi connectivity index (χ0) is 10.9. The van der Waals surface area contributed by atoms with Gasteiger partial charge in [-0.25, -0.2) is 0 Å². The first-order valence-corrected chi connectivity index (χ1v) is 4.95. The third kappa shape index (κ3) is 1.99. The minimum Gasteiger partial charge on any atom is -0.378 e. The van der Waals surface area contributed by atoms with E-state index in [2.05, 4.69) is 15.0 Å². The Labute approximate surface area is 88.1 Å². The minimum atomic E-state index is -0.111. The Morgan fingerprint density at radius 2 is 1.80 bits per heavy atom. The van der Waals surface area contributed by atoms with E-state index >= 15 is 0 Å². The minimum absolute atomic E-state index is 0.111. The summed E-state index contributed by atoms with van der Waals surface area (Å²) in [5, 5.41) is 0. The largest absolute Gasteiger partial charge is 0.378 e. The van der Waals surface area contributed by atoms with Crippen LogP contribution in [-0.2, 0) is 11.2 Å². The van der Waals surface area contributed by atoms with Crippen molar-refractivity contribution in [2.45, 2.75) is 31.3 Å². The fourth-order valence-corrected chi connectivity index (χ4v) is 1.85. The van der Waals surface area contributed by atoms with E-state index in [9.17, 15) is 0 Å². The highest BCUT2D eigenvalue weighted by atomic mass is 16.5. The molecule has 2 rings (SSSR count). The molecule has 1 aromatic rings. The van der Waals surface area contributed by atoms with Gasteiger partial charge in [0.15, 0.2) is 0 Å². The first-order valence-electron chi connectivity index (χ1n) is 4.95. The maximum atomic E-state index is 5.50. The van der Waals surface area contributed by atoms with Crippen LogP contribution >= 0.6 is 0 Å². The molecule has 0 radical (unpaired) electrons. The van der Waals surface area contributed by atoms with Crippen molar-refractivity contribution >= 4 is 11.9 Å². The molecule has 1 aliphatic rings. The number of nitrogens with zero attached hydrogens (tertiary/aromatic N) is 3. The van der Waals surface area contributed by atoms with Gasteiger partial charge in [0.25, 0.3) is 0 Å². The van der Waals surface area contributed by atoms with Crippen molar-refractivity contribution in [2.24, 2.45) is 0 Å². The van der Waals surface area contributed by atoms with E-state index in [1.165, 1.54) is 6.42 Å². The van der Waals surface area contributed by atoms with Crippen LogP contribution in [0, 0.1) is 0 Å².